The summed E-state index contributed by atoms with van der Waals surface area (Å²) >= 11 is 1.02. The molecule has 0 saturated heterocycles. The number of halogens is 2. The highest BCUT2D eigenvalue weighted by molar-refractivity contribution is 7.15. The summed E-state index contributed by atoms with van der Waals surface area (Å²) in [5.41, 5.74) is 4.62. The maximum Gasteiger partial charge on any atom is 0.309 e. The van der Waals surface area contributed by atoms with E-state index in [9.17, 15) is 13.6 Å². The van der Waals surface area contributed by atoms with Crippen LogP contribution in [0.1, 0.15) is 44.2 Å². The van der Waals surface area contributed by atoms with Gasteiger partial charge in [-0.05, 0) is 33.6 Å². The fourth-order valence-electron chi connectivity index (χ4n) is 2.18. The van der Waals surface area contributed by atoms with E-state index in [2.05, 4.69) is 4.98 Å². The number of hydrogen-bond acceptors (Lipinski definition) is 5. The fourth-order valence-corrected chi connectivity index (χ4v) is 3.15. The number of nitrogen functional groups attached to an aromatic ring is 1. The molecule has 0 fully saturated rings. The van der Waals surface area contributed by atoms with Crippen molar-refractivity contribution >= 4 is 22.4 Å². The van der Waals surface area contributed by atoms with E-state index >= 15 is 0 Å². The van der Waals surface area contributed by atoms with Gasteiger partial charge < -0.3 is 10.5 Å². The Morgan fingerprint density at radius 2 is 2.15 bits per heavy atom. The summed E-state index contributed by atoms with van der Waals surface area (Å²) in [5.74, 6) is -4.03. The number of esters is 1. The molecule has 2 rings (SSSR count). The van der Waals surface area contributed by atoms with Crippen molar-refractivity contribution in [2.24, 2.45) is 5.92 Å². The van der Waals surface area contributed by atoms with Crippen LogP contribution in [-0.4, -0.2) is 16.6 Å². The van der Waals surface area contributed by atoms with E-state index in [0.717, 1.165) is 11.3 Å². The lowest BCUT2D eigenvalue weighted by Gasteiger charge is -2.23. The van der Waals surface area contributed by atoms with E-state index in [0.29, 0.717) is 4.88 Å². The van der Waals surface area contributed by atoms with E-state index in [1.807, 2.05) is 0 Å². The molecule has 0 amide bonds. The molecule has 0 saturated carbocycles. The van der Waals surface area contributed by atoms with Gasteiger partial charge in [0.05, 0.1) is 5.92 Å². The number of thiazole rings is 1. The summed E-state index contributed by atoms with van der Waals surface area (Å²) in [6.07, 6.45) is -0.104. The summed E-state index contributed by atoms with van der Waals surface area (Å²) in [7, 11) is 0. The van der Waals surface area contributed by atoms with E-state index in [1.54, 1.807) is 20.8 Å². The third kappa shape index (κ3) is 3.26. The van der Waals surface area contributed by atoms with E-state index < -0.39 is 29.8 Å². The number of carbonyl (C=O) groups is 1. The maximum absolute atomic E-state index is 14.0. The predicted molar refractivity (Wildman–Crippen MR) is 72.7 cm³/mol. The quantitative estimate of drug-likeness (QED) is 0.639. The highest BCUT2D eigenvalue weighted by atomic mass is 32.1. The zero-order chi connectivity index (χ0) is 15.1. The van der Waals surface area contributed by atoms with Crippen molar-refractivity contribution in [3.63, 3.8) is 0 Å². The fraction of sp³-hybridized carbons (Fsp3) is 0.692. The molecule has 2 N–H and O–H groups in total. The second kappa shape index (κ2) is 4.95. The molecule has 1 aromatic heterocycles. The van der Waals surface area contributed by atoms with Crippen molar-refractivity contribution in [2.45, 2.75) is 51.6 Å². The third-order valence-corrected chi connectivity index (χ3v) is 3.95. The normalized spacial score (nSPS) is 21.9. The first-order valence-corrected chi connectivity index (χ1v) is 7.26. The van der Waals surface area contributed by atoms with Gasteiger partial charge in [-0.25, -0.2) is 4.98 Å². The lowest BCUT2D eigenvalue weighted by Crippen LogP contribution is -2.29. The van der Waals surface area contributed by atoms with Crippen LogP contribution >= 0.6 is 11.3 Å². The molecule has 1 aliphatic carbocycles. The zero-order valence-electron chi connectivity index (χ0n) is 11.7. The molecule has 0 bridgehead atoms. The van der Waals surface area contributed by atoms with Gasteiger partial charge in [0.1, 0.15) is 11.3 Å². The Bertz CT molecular complexity index is 523. The number of nitrogens with zero attached hydrogens (tertiary/aromatic N) is 1. The second-order valence-electron chi connectivity index (χ2n) is 6.00. The summed E-state index contributed by atoms with van der Waals surface area (Å²) in [6, 6.07) is 0. The third-order valence-electron chi connectivity index (χ3n) is 3.04. The van der Waals surface area contributed by atoms with Crippen LogP contribution in [0.25, 0.3) is 0 Å². The van der Waals surface area contributed by atoms with Gasteiger partial charge in [-0.2, -0.15) is 8.78 Å². The van der Waals surface area contributed by atoms with E-state index in [-0.39, 0.29) is 23.7 Å². The topological polar surface area (TPSA) is 65.2 Å². The number of anilines is 1. The molecule has 0 aliphatic heterocycles. The van der Waals surface area contributed by atoms with Gasteiger partial charge in [0.15, 0.2) is 5.13 Å². The van der Waals surface area contributed by atoms with Gasteiger partial charge in [-0.1, -0.05) is 0 Å². The molecule has 7 heteroatoms. The minimum Gasteiger partial charge on any atom is -0.460 e. The van der Waals surface area contributed by atoms with Gasteiger partial charge in [0, 0.05) is 11.3 Å². The Morgan fingerprint density at radius 3 is 2.75 bits per heavy atom. The number of nitrogens with two attached hydrogens (primary N) is 1. The van der Waals surface area contributed by atoms with Crippen molar-refractivity contribution in [3.05, 3.63) is 10.6 Å². The molecule has 20 heavy (non-hydrogen) atoms. The predicted octanol–water partition coefficient (Wildman–Crippen LogP) is 3.11. The van der Waals surface area contributed by atoms with Gasteiger partial charge >= 0.3 is 5.97 Å². The minimum atomic E-state index is -3.03. The molecule has 1 aliphatic rings. The van der Waals surface area contributed by atoms with Gasteiger partial charge in [0.2, 0.25) is 0 Å². The number of fused-ring (bicyclic) bond motifs is 1. The average Bonchev–Trinajstić information content (AvgIpc) is 2.58. The molecule has 112 valence electrons. The Labute approximate surface area is 120 Å². The van der Waals surface area contributed by atoms with E-state index in [1.165, 1.54) is 0 Å². The SMILES string of the molecule is CC(C)(C)OC(=O)C1CCC(F)(F)c2nc(N)sc2C1. The molecule has 0 spiro atoms. The highest BCUT2D eigenvalue weighted by Gasteiger charge is 2.42. The Morgan fingerprint density at radius 1 is 1.50 bits per heavy atom. The standard InChI is InChI=1S/C13H18F2N2O2S/c1-12(2,3)19-10(18)7-4-5-13(14,15)9-8(6-7)20-11(16)17-9/h7H,4-6H2,1-3H3,(H2,16,17). The van der Waals surface area contributed by atoms with Gasteiger partial charge in [-0.3, -0.25) is 4.79 Å². The zero-order valence-corrected chi connectivity index (χ0v) is 12.5. The Hall–Kier alpha value is -1.24. The lowest BCUT2D eigenvalue weighted by atomic mass is 10.00. The summed E-state index contributed by atoms with van der Waals surface area (Å²) < 4.78 is 33.3. The number of alkyl halides is 2. The van der Waals surface area contributed by atoms with Crippen LogP contribution in [0.3, 0.4) is 0 Å². The largest absolute Gasteiger partial charge is 0.460 e. The number of rotatable bonds is 1. The van der Waals surface area contributed by atoms with Crippen molar-refractivity contribution in [2.75, 3.05) is 5.73 Å². The van der Waals surface area contributed by atoms with Crippen LogP contribution in [0, 0.1) is 5.92 Å². The van der Waals surface area contributed by atoms with Crippen molar-refractivity contribution < 1.29 is 18.3 Å². The van der Waals surface area contributed by atoms with Crippen LogP contribution in [0.15, 0.2) is 0 Å². The van der Waals surface area contributed by atoms with Crippen molar-refractivity contribution in [1.82, 2.24) is 4.98 Å². The smallest absolute Gasteiger partial charge is 0.309 e. The first kappa shape index (κ1) is 15.2. The number of aromatic nitrogens is 1. The van der Waals surface area contributed by atoms with Gasteiger partial charge in [0.25, 0.3) is 5.92 Å². The number of ether oxygens (including phenoxy) is 1. The molecular formula is C13H18F2N2O2S. The van der Waals surface area contributed by atoms with Crippen LogP contribution in [0.2, 0.25) is 0 Å². The summed E-state index contributed by atoms with van der Waals surface area (Å²) in [4.78, 5) is 16.2. The Balaban J connectivity index is 2.23. The molecule has 1 heterocycles. The van der Waals surface area contributed by atoms with Crippen LogP contribution in [0.4, 0.5) is 13.9 Å². The molecule has 1 unspecified atom stereocenters. The summed E-state index contributed by atoms with van der Waals surface area (Å²) in [6.45, 7) is 5.27. The van der Waals surface area contributed by atoms with Crippen molar-refractivity contribution in [3.8, 4) is 0 Å². The lowest BCUT2D eigenvalue weighted by molar-refractivity contribution is -0.160. The first-order valence-electron chi connectivity index (χ1n) is 6.45. The molecule has 4 nitrogen and oxygen atoms in total. The highest BCUT2D eigenvalue weighted by Crippen LogP contribution is 2.43. The Kier molecular flexibility index (Phi) is 3.75. The van der Waals surface area contributed by atoms with Crippen molar-refractivity contribution in [1.29, 1.82) is 0 Å². The first-order chi connectivity index (χ1) is 9.08. The molecule has 1 atom stereocenters. The molecule has 1 aromatic rings. The average molecular weight is 304 g/mol. The van der Waals surface area contributed by atoms with E-state index in [4.69, 9.17) is 10.5 Å². The van der Waals surface area contributed by atoms with Crippen LogP contribution in [0.5, 0.6) is 0 Å². The molecule has 0 aromatic carbocycles. The number of carbonyl (C=O) groups excluding carboxylic acids is 1. The van der Waals surface area contributed by atoms with Gasteiger partial charge in [-0.15, -0.1) is 11.3 Å². The second-order valence-corrected chi connectivity index (χ2v) is 7.12. The molecule has 0 radical (unpaired) electrons. The van der Waals surface area contributed by atoms with Crippen LogP contribution < -0.4 is 5.73 Å². The maximum atomic E-state index is 14.0. The van der Waals surface area contributed by atoms with Crippen LogP contribution in [-0.2, 0) is 21.9 Å². The summed E-state index contributed by atoms with van der Waals surface area (Å²) in [5, 5.41) is 0.111. The monoisotopic (exact) mass is 304 g/mol. The minimum absolute atomic E-state index is 0.0882. The molecular weight excluding hydrogens is 286 g/mol. The number of hydrogen-bond donors (Lipinski definition) is 1.